The average Bonchev–Trinajstić information content (AvgIpc) is 2.72. The highest BCUT2D eigenvalue weighted by Gasteiger charge is 2.36. The van der Waals surface area contributed by atoms with Crippen molar-refractivity contribution in [1.82, 2.24) is 4.90 Å². The van der Waals surface area contributed by atoms with Crippen LogP contribution in [0.3, 0.4) is 0 Å². The van der Waals surface area contributed by atoms with Crippen LogP contribution in [0.15, 0.2) is 54.6 Å². The third-order valence-corrected chi connectivity index (χ3v) is 5.59. The van der Waals surface area contributed by atoms with Gasteiger partial charge in [-0.15, -0.1) is 0 Å². The van der Waals surface area contributed by atoms with Crippen molar-refractivity contribution >= 4 is 16.0 Å². The van der Waals surface area contributed by atoms with E-state index in [9.17, 15) is 13.2 Å². The SMILES string of the molecule is COc1ccc(CN2C(=O)[C@@H](CCOS(C)(=O)=O)OC[C@@H]2Cc2ccccc2)cc1. The van der Waals surface area contributed by atoms with E-state index in [-0.39, 0.29) is 25.0 Å². The molecule has 0 unspecified atom stereocenters. The number of methoxy groups -OCH3 is 1. The Morgan fingerprint density at radius 1 is 1.07 bits per heavy atom. The number of hydrogen-bond acceptors (Lipinski definition) is 6. The normalized spacial score (nSPS) is 19.7. The van der Waals surface area contributed by atoms with Crippen molar-refractivity contribution in [3.05, 3.63) is 65.7 Å². The number of hydrogen-bond donors (Lipinski definition) is 0. The van der Waals surface area contributed by atoms with Crippen LogP contribution in [-0.2, 0) is 36.8 Å². The van der Waals surface area contributed by atoms with Crippen LogP contribution in [-0.4, -0.2) is 58.0 Å². The number of morpholine rings is 1. The van der Waals surface area contributed by atoms with Crippen molar-refractivity contribution in [3.63, 3.8) is 0 Å². The van der Waals surface area contributed by atoms with Gasteiger partial charge in [-0.2, -0.15) is 8.42 Å². The summed E-state index contributed by atoms with van der Waals surface area (Å²) < 4.78 is 38.2. The van der Waals surface area contributed by atoms with Gasteiger partial charge in [-0.3, -0.25) is 8.98 Å². The summed E-state index contributed by atoms with van der Waals surface area (Å²) in [6.45, 7) is 0.725. The van der Waals surface area contributed by atoms with Crippen molar-refractivity contribution < 1.29 is 26.9 Å². The van der Waals surface area contributed by atoms with Crippen molar-refractivity contribution in [2.24, 2.45) is 0 Å². The van der Waals surface area contributed by atoms with Crippen LogP contribution < -0.4 is 4.74 Å². The Balaban J connectivity index is 1.74. The molecule has 162 valence electrons. The highest BCUT2D eigenvalue weighted by Crippen LogP contribution is 2.23. The average molecular weight is 434 g/mol. The lowest BCUT2D eigenvalue weighted by Gasteiger charge is -2.39. The fraction of sp³-hybridized carbons (Fsp3) is 0.409. The third-order valence-electron chi connectivity index (χ3n) is 4.99. The minimum atomic E-state index is -3.55. The minimum Gasteiger partial charge on any atom is -0.497 e. The molecule has 0 aromatic heterocycles. The second-order valence-electron chi connectivity index (χ2n) is 7.29. The maximum absolute atomic E-state index is 13.2. The maximum Gasteiger partial charge on any atom is 0.264 e. The topological polar surface area (TPSA) is 82.1 Å². The first-order chi connectivity index (χ1) is 14.4. The van der Waals surface area contributed by atoms with Crippen molar-refractivity contribution in [3.8, 4) is 5.75 Å². The lowest BCUT2D eigenvalue weighted by Crippen LogP contribution is -2.54. The number of carbonyl (C=O) groups excluding carboxylic acids is 1. The Morgan fingerprint density at radius 2 is 1.77 bits per heavy atom. The standard InChI is InChI=1S/C22H27NO6S/c1-27-20-10-8-18(9-11-20)15-23-19(14-17-6-4-3-5-7-17)16-28-21(22(23)24)12-13-29-30(2,25)26/h3-11,19,21H,12-16H2,1-2H3/t19-,21+/m0/s1. The molecule has 2 aromatic carbocycles. The van der Waals surface area contributed by atoms with Gasteiger partial charge in [0.05, 0.1) is 32.6 Å². The predicted molar refractivity (Wildman–Crippen MR) is 113 cm³/mol. The highest BCUT2D eigenvalue weighted by molar-refractivity contribution is 7.85. The molecule has 0 radical (unpaired) electrons. The molecule has 2 atom stereocenters. The summed E-state index contributed by atoms with van der Waals surface area (Å²) in [5.74, 6) is 0.596. The molecular formula is C22H27NO6S. The molecular weight excluding hydrogens is 406 g/mol. The van der Waals surface area contributed by atoms with Gasteiger partial charge in [-0.25, -0.2) is 0 Å². The largest absolute Gasteiger partial charge is 0.497 e. The molecule has 1 aliphatic heterocycles. The third kappa shape index (κ3) is 6.29. The number of benzene rings is 2. The molecule has 1 aliphatic rings. The van der Waals surface area contributed by atoms with Gasteiger partial charge >= 0.3 is 0 Å². The Labute approximate surface area is 177 Å². The number of carbonyl (C=O) groups is 1. The van der Waals surface area contributed by atoms with E-state index < -0.39 is 16.2 Å². The number of rotatable bonds is 9. The molecule has 30 heavy (non-hydrogen) atoms. The van der Waals surface area contributed by atoms with E-state index in [2.05, 4.69) is 0 Å². The van der Waals surface area contributed by atoms with Gasteiger partial charge < -0.3 is 14.4 Å². The van der Waals surface area contributed by atoms with Crippen LogP contribution in [0, 0.1) is 0 Å². The molecule has 0 aliphatic carbocycles. The summed E-state index contributed by atoms with van der Waals surface area (Å²) in [7, 11) is -1.94. The van der Waals surface area contributed by atoms with Crippen LogP contribution in [0.25, 0.3) is 0 Å². The fourth-order valence-corrected chi connectivity index (χ4v) is 3.86. The highest BCUT2D eigenvalue weighted by atomic mass is 32.2. The van der Waals surface area contributed by atoms with Gasteiger partial charge in [0, 0.05) is 13.0 Å². The monoisotopic (exact) mass is 433 g/mol. The first kappa shape index (κ1) is 22.3. The van der Waals surface area contributed by atoms with Gasteiger partial charge in [0.15, 0.2) is 0 Å². The van der Waals surface area contributed by atoms with Gasteiger partial charge in [-0.05, 0) is 29.7 Å². The summed E-state index contributed by atoms with van der Waals surface area (Å²) in [6, 6.07) is 17.4. The zero-order valence-electron chi connectivity index (χ0n) is 17.2. The zero-order valence-corrected chi connectivity index (χ0v) is 18.0. The lowest BCUT2D eigenvalue weighted by molar-refractivity contribution is -0.161. The summed E-state index contributed by atoms with van der Waals surface area (Å²) in [5.41, 5.74) is 2.10. The first-order valence-electron chi connectivity index (χ1n) is 9.79. The van der Waals surface area contributed by atoms with Crippen molar-refractivity contribution in [2.75, 3.05) is 26.6 Å². The van der Waals surface area contributed by atoms with E-state index in [0.29, 0.717) is 19.6 Å². The van der Waals surface area contributed by atoms with E-state index in [1.165, 1.54) is 0 Å². The van der Waals surface area contributed by atoms with E-state index in [4.69, 9.17) is 13.7 Å². The molecule has 1 saturated heterocycles. The van der Waals surface area contributed by atoms with Gasteiger partial charge in [0.25, 0.3) is 16.0 Å². The van der Waals surface area contributed by atoms with E-state index >= 15 is 0 Å². The molecule has 7 nitrogen and oxygen atoms in total. The minimum absolute atomic E-state index is 0.0883. The van der Waals surface area contributed by atoms with E-state index in [1.807, 2.05) is 59.5 Å². The molecule has 1 fully saturated rings. The Morgan fingerprint density at radius 3 is 2.40 bits per heavy atom. The van der Waals surface area contributed by atoms with Crippen LogP contribution in [0.2, 0.25) is 0 Å². The summed E-state index contributed by atoms with van der Waals surface area (Å²) in [5, 5.41) is 0. The fourth-order valence-electron chi connectivity index (χ4n) is 3.46. The van der Waals surface area contributed by atoms with E-state index in [1.54, 1.807) is 7.11 Å². The molecule has 0 saturated carbocycles. The molecule has 0 spiro atoms. The first-order valence-corrected chi connectivity index (χ1v) is 11.6. The molecule has 1 amide bonds. The van der Waals surface area contributed by atoms with Crippen molar-refractivity contribution in [2.45, 2.75) is 31.5 Å². The molecule has 1 heterocycles. The zero-order chi connectivity index (χ0) is 21.6. The second-order valence-corrected chi connectivity index (χ2v) is 8.94. The number of amides is 1. The molecule has 3 rings (SSSR count). The summed E-state index contributed by atoms with van der Waals surface area (Å²) in [6.07, 6.45) is 1.12. The lowest BCUT2D eigenvalue weighted by atomic mass is 10.0. The Bertz CT molecular complexity index is 930. The number of ether oxygens (including phenoxy) is 2. The summed E-state index contributed by atoms with van der Waals surface area (Å²) in [4.78, 5) is 15.0. The predicted octanol–water partition coefficient (Wildman–Crippen LogP) is 2.40. The smallest absolute Gasteiger partial charge is 0.264 e. The van der Waals surface area contributed by atoms with Crippen LogP contribution in [0.1, 0.15) is 17.5 Å². The van der Waals surface area contributed by atoms with Gasteiger partial charge in [-0.1, -0.05) is 42.5 Å². The second kappa shape index (κ2) is 10.1. The van der Waals surface area contributed by atoms with Gasteiger partial charge in [0.2, 0.25) is 0 Å². The van der Waals surface area contributed by atoms with Crippen LogP contribution >= 0.6 is 0 Å². The Hall–Kier alpha value is -2.42. The number of nitrogens with zero attached hydrogens (tertiary/aromatic N) is 1. The summed E-state index contributed by atoms with van der Waals surface area (Å²) >= 11 is 0. The van der Waals surface area contributed by atoms with Crippen LogP contribution in [0.4, 0.5) is 0 Å². The maximum atomic E-state index is 13.2. The molecule has 2 aromatic rings. The van der Waals surface area contributed by atoms with Crippen molar-refractivity contribution in [1.29, 1.82) is 0 Å². The Kier molecular flexibility index (Phi) is 7.47. The van der Waals surface area contributed by atoms with E-state index in [0.717, 1.165) is 23.1 Å². The molecule has 0 N–H and O–H groups in total. The quantitative estimate of drug-likeness (QED) is 0.565. The van der Waals surface area contributed by atoms with Gasteiger partial charge in [0.1, 0.15) is 11.9 Å². The molecule has 8 heteroatoms. The van der Waals surface area contributed by atoms with Crippen LogP contribution in [0.5, 0.6) is 5.75 Å². The molecule has 0 bridgehead atoms.